The molecule has 1 aliphatic heterocycles. The molecule has 0 saturated carbocycles. The molecular weight excluding hydrogens is 276 g/mol. The van der Waals surface area contributed by atoms with Crippen molar-refractivity contribution in [3.05, 3.63) is 34.9 Å². The number of rotatable bonds is 4. The molecule has 1 amide bonds. The molecule has 0 aromatic heterocycles. The van der Waals surface area contributed by atoms with Crippen molar-refractivity contribution >= 4 is 6.09 Å². The summed E-state index contributed by atoms with van der Waals surface area (Å²) in [5.74, 6) is 0. The van der Waals surface area contributed by atoms with Gasteiger partial charge in [0.15, 0.2) is 0 Å². The highest BCUT2D eigenvalue weighted by Gasteiger charge is 2.17. The van der Waals surface area contributed by atoms with Crippen molar-refractivity contribution in [2.24, 2.45) is 0 Å². The van der Waals surface area contributed by atoms with Gasteiger partial charge in [0.05, 0.1) is 0 Å². The van der Waals surface area contributed by atoms with Crippen LogP contribution in [0.1, 0.15) is 43.9 Å². The molecule has 0 unspecified atom stereocenters. The van der Waals surface area contributed by atoms with Gasteiger partial charge in [-0.05, 0) is 51.7 Å². The molecule has 1 aromatic carbocycles. The molecule has 4 nitrogen and oxygen atoms in total. The Morgan fingerprint density at radius 1 is 1.32 bits per heavy atom. The second-order valence-electron chi connectivity index (χ2n) is 7.08. The van der Waals surface area contributed by atoms with E-state index in [1.165, 1.54) is 16.7 Å². The first-order valence-electron chi connectivity index (χ1n) is 8.11. The molecule has 0 atom stereocenters. The number of nitrogens with zero attached hydrogens (tertiary/aromatic N) is 1. The van der Waals surface area contributed by atoms with Crippen molar-refractivity contribution in [2.45, 2.75) is 52.7 Å². The Morgan fingerprint density at radius 3 is 2.82 bits per heavy atom. The van der Waals surface area contributed by atoms with Crippen LogP contribution in [0.3, 0.4) is 0 Å². The van der Waals surface area contributed by atoms with Crippen LogP contribution in [0.15, 0.2) is 18.2 Å². The standard InChI is InChI=1S/C18H28N2O2/c1-14-6-7-15-8-11-20(13-16(15)12-14)10-5-9-19-17(21)22-18(2,3)4/h6-7,12H,5,8-11,13H2,1-4H3,(H,19,21). The molecular formula is C18H28N2O2. The minimum absolute atomic E-state index is 0.327. The molecule has 0 bridgehead atoms. The van der Waals surface area contributed by atoms with Gasteiger partial charge in [0, 0.05) is 26.2 Å². The summed E-state index contributed by atoms with van der Waals surface area (Å²) >= 11 is 0. The topological polar surface area (TPSA) is 41.6 Å². The van der Waals surface area contributed by atoms with Gasteiger partial charge in [-0.25, -0.2) is 4.79 Å². The van der Waals surface area contributed by atoms with Gasteiger partial charge in [-0.15, -0.1) is 0 Å². The molecule has 0 saturated heterocycles. The highest BCUT2D eigenvalue weighted by atomic mass is 16.6. The summed E-state index contributed by atoms with van der Waals surface area (Å²) in [5, 5.41) is 2.82. The van der Waals surface area contributed by atoms with Gasteiger partial charge in [0.25, 0.3) is 0 Å². The zero-order valence-electron chi connectivity index (χ0n) is 14.2. The highest BCUT2D eigenvalue weighted by Crippen LogP contribution is 2.20. The van der Waals surface area contributed by atoms with E-state index in [4.69, 9.17) is 4.74 Å². The number of hydrogen-bond acceptors (Lipinski definition) is 3. The fraction of sp³-hybridized carbons (Fsp3) is 0.611. The summed E-state index contributed by atoms with van der Waals surface area (Å²) in [6, 6.07) is 6.74. The van der Waals surface area contributed by atoms with E-state index in [0.717, 1.165) is 32.5 Å². The normalized spacial score (nSPS) is 15.3. The fourth-order valence-corrected chi connectivity index (χ4v) is 2.74. The van der Waals surface area contributed by atoms with Gasteiger partial charge < -0.3 is 10.1 Å². The van der Waals surface area contributed by atoms with Crippen LogP contribution in [0.2, 0.25) is 0 Å². The fourth-order valence-electron chi connectivity index (χ4n) is 2.74. The van der Waals surface area contributed by atoms with Crippen molar-refractivity contribution in [2.75, 3.05) is 19.6 Å². The molecule has 0 aliphatic carbocycles. The number of aryl methyl sites for hydroxylation is 1. The van der Waals surface area contributed by atoms with Gasteiger partial charge >= 0.3 is 6.09 Å². The maximum absolute atomic E-state index is 11.6. The average molecular weight is 304 g/mol. The molecule has 22 heavy (non-hydrogen) atoms. The van der Waals surface area contributed by atoms with Crippen LogP contribution in [0, 0.1) is 6.92 Å². The largest absolute Gasteiger partial charge is 0.444 e. The molecule has 2 rings (SSSR count). The lowest BCUT2D eigenvalue weighted by Crippen LogP contribution is -2.36. The second-order valence-corrected chi connectivity index (χ2v) is 7.08. The predicted octanol–water partition coefficient (Wildman–Crippen LogP) is 3.27. The van der Waals surface area contributed by atoms with Crippen LogP contribution in [0.4, 0.5) is 4.79 Å². The van der Waals surface area contributed by atoms with Crippen molar-refractivity contribution in [1.82, 2.24) is 10.2 Å². The van der Waals surface area contributed by atoms with Crippen LogP contribution in [-0.2, 0) is 17.7 Å². The molecule has 122 valence electrons. The summed E-state index contributed by atoms with van der Waals surface area (Å²) in [6.45, 7) is 11.5. The number of alkyl carbamates (subject to hydrolysis) is 1. The third kappa shape index (κ3) is 5.34. The molecule has 1 heterocycles. The van der Waals surface area contributed by atoms with Crippen molar-refractivity contribution in [3.63, 3.8) is 0 Å². The lowest BCUT2D eigenvalue weighted by atomic mass is 9.98. The second kappa shape index (κ2) is 7.14. The van der Waals surface area contributed by atoms with E-state index in [1.54, 1.807) is 0 Å². The van der Waals surface area contributed by atoms with Crippen LogP contribution in [0.25, 0.3) is 0 Å². The number of carbonyl (C=O) groups is 1. The SMILES string of the molecule is Cc1ccc2c(c1)CN(CCCNC(=O)OC(C)(C)C)CC2. The number of benzene rings is 1. The Hall–Kier alpha value is -1.55. The molecule has 0 spiro atoms. The first-order chi connectivity index (χ1) is 10.3. The molecule has 0 fully saturated rings. The van der Waals surface area contributed by atoms with Gasteiger partial charge in [0.1, 0.15) is 5.60 Å². The Morgan fingerprint density at radius 2 is 2.09 bits per heavy atom. The first-order valence-corrected chi connectivity index (χ1v) is 8.11. The Labute approximate surface area is 133 Å². The van der Waals surface area contributed by atoms with Gasteiger partial charge in [-0.3, -0.25) is 4.90 Å². The van der Waals surface area contributed by atoms with Gasteiger partial charge in [-0.1, -0.05) is 23.8 Å². The van der Waals surface area contributed by atoms with Crippen LogP contribution in [0.5, 0.6) is 0 Å². The number of ether oxygens (including phenoxy) is 1. The van der Waals surface area contributed by atoms with Gasteiger partial charge in [-0.2, -0.15) is 0 Å². The van der Waals surface area contributed by atoms with Crippen LogP contribution in [-0.4, -0.2) is 36.2 Å². The maximum atomic E-state index is 11.6. The smallest absolute Gasteiger partial charge is 0.407 e. The number of hydrogen-bond donors (Lipinski definition) is 1. The van der Waals surface area contributed by atoms with Gasteiger partial charge in [0.2, 0.25) is 0 Å². The number of amides is 1. The van der Waals surface area contributed by atoms with E-state index in [1.807, 2.05) is 20.8 Å². The third-order valence-corrected chi connectivity index (χ3v) is 3.77. The van der Waals surface area contributed by atoms with E-state index in [9.17, 15) is 4.79 Å². The first kappa shape index (κ1) is 16.8. The minimum atomic E-state index is -0.432. The molecule has 1 N–H and O–H groups in total. The summed E-state index contributed by atoms with van der Waals surface area (Å²) in [5.41, 5.74) is 3.82. The van der Waals surface area contributed by atoms with Crippen molar-refractivity contribution < 1.29 is 9.53 Å². The number of carbonyl (C=O) groups excluding carboxylic acids is 1. The lowest BCUT2D eigenvalue weighted by Gasteiger charge is -2.29. The van der Waals surface area contributed by atoms with E-state index >= 15 is 0 Å². The zero-order chi connectivity index (χ0) is 16.2. The maximum Gasteiger partial charge on any atom is 0.407 e. The minimum Gasteiger partial charge on any atom is -0.444 e. The van der Waals surface area contributed by atoms with E-state index in [2.05, 4.69) is 35.3 Å². The summed E-state index contributed by atoms with van der Waals surface area (Å²) in [4.78, 5) is 14.0. The quantitative estimate of drug-likeness (QED) is 0.868. The molecule has 1 aliphatic rings. The Balaban J connectivity index is 1.70. The molecule has 1 aromatic rings. The lowest BCUT2D eigenvalue weighted by molar-refractivity contribution is 0.0525. The summed E-state index contributed by atoms with van der Waals surface area (Å²) < 4.78 is 5.23. The van der Waals surface area contributed by atoms with Crippen LogP contribution >= 0.6 is 0 Å². The Kier molecular flexibility index (Phi) is 5.46. The zero-order valence-corrected chi connectivity index (χ0v) is 14.2. The third-order valence-electron chi connectivity index (χ3n) is 3.77. The van der Waals surface area contributed by atoms with Crippen molar-refractivity contribution in [3.8, 4) is 0 Å². The van der Waals surface area contributed by atoms with Crippen LogP contribution < -0.4 is 5.32 Å². The molecule has 0 radical (unpaired) electrons. The molecule has 4 heteroatoms. The number of nitrogens with one attached hydrogen (secondary N) is 1. The average Bonchev–Trinajstić information content (AvgIpc) is 2.41. The predicted molar refractivity (Wildman–Crippen MR) is 89.0 cm³/mol. The Bertz CT molecular complexity index is 520. The number of fused-ring (bicyclic) bond motifs is 1. The summed E-state index contributed by atoms with van der Waals surface area (Å²) in [7, 11) is 0. The summed E-state index contributed by atoms with van der Waals surface area (Å²) in [6.07, 6.45) is 1.74. The van der Waals surface area contributed by atoms with E-state index < -0.39 is 5.60 Å². The highest BCUT2D eigenvalue weighted by molar-refractivity contribution is 5.67. The van der Waals surface area contributed by atoms with Crippen molar-refractivity contribution in [1.29, 1.82) is 0 Å². The monoisotopic (exact) mass is 304 g/mol. The van der Waals surface area contributed by atoms with E-state index in [0.29, 0.717) is 6.54 Å². The van der Waals surface area contributed by atoms with E-state index in [-0.39, 0.29) is 6.09 Å².